The van der Waals surface area contributed by atoms with Crippen molar-refractivity contribution >= 4 is 69.7 Å². The van der Waals surface area contributed by atoms with Crippen LogP contribution in [0.5, 0.6) is 0 Å². The molecule has 2 saturated heterocycles. The first kappa shape index (κ1) is 56.5. The number of carboxylic acids is 4. The first-order valence-corrected chi connectivity index (χ1v) is 27.7. The SMILES string of the molecule is CCn1nnc([C@@H]2O[C@@H](n3cnc4c(NC5CCC(Nc6nc(NCCc7cn(C)cn7)nc7c6ncn7[C@@H]6O[C@@H](c7nnn(CC)n7)[C@H](CC(=O)O)[C@H]6CC(=O)O)CC5)nc(NCCc5cn(C)cn5)nc43)[C@H](CC(=O)O)[C@H]2CC(=O)O)n1. The molecule has 84 heavy (non-hydrogen) atoms. The predicted octanol–water partition coefficient (Wildman–Crippen LogP) is 2.49. The Morgan fingerprint density at radius 2 is 0.940 bits per heavy atom. The van der Waals surface area contributed by atoms with Crippen LogP contribution in [-0.4, -0.2) is 168 Å². The lowest BCUT2D eigenvalue weighted by Crippen LogP contribution is -2.33. The lowest BCUT2D eigenvalue weighted by atomic mass is 9.84. The third kappa shape index (κ3) is 12.2. The Morgan fingerprint density at radius 1 is 0.548 bits per heavy atom. The zero-order valence-corrected chi connectivity index (χ0v) is 46.3. The van der Waals surface area contributed by atoms with Crippen molar-refractivity contribution in [1.82, 2.24) is 98.6 Å². The van der Waals surface area contributed by atoms with Crippen LogP contribution in [0.2, 0.25) is 0 Å². The number of anilines is 4. The van der Waals surface area contributed by atoms with Crippen LogP contribution in [0.15, 0.2) is 37.7 Å². The molecule has 8 N–H and O–H groups in total. The lowest BCUT2D eigenvalue weighted by Gasteiger charge is -2.30. The summed E-state index contributed by atoms with van der Waals surface area (Å²) in [6.07, 6.45) is 8.12. The number of carboxylic acid groups (broad SMARTS) is 4. The number of carbonyl (C=O) groups is 4. The normalized spacial score (nSPS) is 23.3. The van der Waals surface area contributed by atoms with Gasteiger partial charge in [-0.05, 0) is 50.0 Å². The molecule has 8 atom stereocenters. The highest BCUT2D eigenvalue weighted by Gasteiger charge is 2.51. The van der Waals surface area contributed by atoms with E-state index in [1.807, 2.05) is 49.5 Å². The van der Waals surface area contributed by atoms with E-state index in [1.165, 1.54) is 22.2 Å². The van der Waals surface area contributed by atoms with E-state index in [9.17, 15) is 39.6 Å². The van der Waals surface area contributed by atoms with Crippen molar-refractivity contribution in [3.05, 3.63) is 60.7 Å². The molecule has 10 heterocycles. The number of hydrogen-bond acceptors (Lipinski definition) is 24. The highest BCUT2D eigenvalue weighted by Crippen LogP contribution is 2.52. The number of aryl methyl sites for hydroxylation is 4. The molecule has 0 bridgehead atoms. The van der Waals surface area contributed by atoms with Crippen molar-refractivity contribution in [3.63, 3.8) is 0 Å². The number of hydrogen-bond donors (Lipinski definition) is 8. The van der Waals surface area contributed by atoms with Crippen molar-refractivity contribution in [2.75, 3.05) is 34.4 Å². The quantitative estimate of drug-likeness (QED) is 0.0386. The van der Waals surface area contributed by atoms with E-state index >= 15 is 0 Å². The van der Waals surface area contributed by atoms with Crippen LogP contribution < -0.4 is 21.3 Å². The maximum atomic E-state index is 12.5. The topological polar surface area (TPSA) is 426 Å². The third-order valence-corrected chi connectivity index (χ3v) is 15.5. The molecule has 2 aliphatic heterocycles. The predicted molar refractivity (Wildman–Crippen MR) is 290 cm³/mol. The number of rotatable bonds is 26. The van der Waals surface area contributed by atoms with Gasteiger partial charge in [-0.2, -0.15) is 29.5 Å². The number of aliphatic carboxylic acids is 4. The number of aromatic nitrogens is 20. The molecule has 3 fully saturated rings. The number of fused-ring (bicyclic) bond motifs is 2. The molecule has 3 aliphatic rings. The van der Waals surface area contributed by atoms with Crippen molar-refractivity contribution < 1.29 is 49.1 Å². The minimum atomic E-state index is -1.15. The van der Waals surface area contributed by atoms with E-state index in [0.717, 1.165) is 11.4 Å². The first-order chi connectivity index (χ1) is 40.6. The molecule has 1 aliphatic carbocycles. The van der Waals surface area contributed by atoms with Gasteiger partial charge in [-0.1, -0.05) is 0 Å². The highest BCUT2D eigenvalue weighted by atomic mass is 16.5. The van der Waals surface area contributed by atoms with E-state index in [4.69, 9.17) is 39.4 Å². The van der Waals surface area contributed by atoms with Crippen LogP contribution in [0.3, 0.4) is 0 Å². The summed E-state index contributed by atoms with van der Waals surface area (Å²) in [6, 6.07) is -0.239. The third-order valence-electron chi connectivity index (χ3n) is 15.5. The summed E-state index contributed by atoms with van der Waals surface area (Å²) >= 11 is 0. The van der Waals surface area contributed by atoms with Crippen LogP contribution >= 0.6 is 0 Å². The molecule has 444 valence electrons. The Bertz CT molecular complexity index is 3420. The van der Waals surface area contributed by atoms with Gasteiger partial charge in [0.15, 0.2) is 34.0 Å². The highest BCUT2D eigenvalue weighted by molar-refractivity contribution is 5.86. The zero-order chi connectivity index (χ0) is 58.8. The summed E-state index contributed by atoms with van der Waals surface area (Å²) in [5.41, 5.74) is 3.07. The lowest BCUT2D eigenvalue weighted by molar-refractivity contribution is -0.142. The van der Waals surface area contributed by atoms with Crippen LogP contribution in [0.4, 0.5) is 23.5 Å². The van der Waals surface area contributed by atoms with Gasteiger partial charge in [-0.25, -0.2) is 19.9 Å². The van der Waals surface area contributed by atoms with Crippen molar-refractivity contribution in [2.24, 2.45) is 37.8 Å². The van der Waals surface area contributed by atoms with E-state index < -0.39 is 97.9 Å². The minimum Gasteiger partial charge on any atom is -0.481 e. The van der Waals surface area contributed by atoms with Gasteiger partial charge in [-0.3, -0.25) is 28.3 Å². The molecular formula is C50H64N24O10. The van der Waals surface area contributed by atoms with Crippen LogP contribution in [-0.2, 0) is 68.7 Å². The second kappa shape index (κ2) is 24.2. The number of imidazole rings is 4. The molecule has 0 spiro atoms. The molecule has 8 aromatic heterocycles. The monoisotopic (exact) mass is 1160 g/mol. The molecule has 34 nitrogen and oxygen atoms in total. The molecule has 0 amide bonds. The summed E-state index contributed by atoms with van der Waals surface area (Å²) in [5.74, 6) is -6.46. The van der Waals surface area contributed by atoms with Crippen LogP contribution in [0.25, 0.3) is 22.3 Å². The van der Waals surface area contributed by atoms with Crippen molar-refractivity contribution in [2.45, 2.75) is 128 Å². The van der Waals surface area contributed by atoms with E-state index in [1.54, 1.807) is 21.8 Å². The van der Waals surface area contributed by atoms with Crippen LogP contribution in [0.1, 0.15) is 113 Å². The number of nitrogens with one attached hydrogen (secondary N) is 4. The van der Waals surface area contributed by atoms with E-state index in [0.29, 0.717) is 98.7 Å². The molecule has 0 unspecified atom stereocenters. The summed E-state index contributed by atoms with van der Waals surface area (Å²) in [6.45, 7) is 5.26. The van der Waals surface area contributed by atoms with E-state index in [-0.39, 0.29) is 35.6 Å². The smallest absolute Gasteiger partial charge is 0.303 e. The van der Waals surface area contributed by atoms with Crippen molar-refractivity contribution in [1.29, 1.82) is 0 Å². The standard InChI is InChI=1S/C50H64N24O10/c1-5-73-65-43(63-67-73)39-29(15-33(75)76)31(17-35(79)80)47(83-39)71-23-55-37-41(59-49(61-45(37)71)51-13-11-27-19-69(3)21-53-27)57-25-7-9-26(10-8-25)58-42-38-46(62-50(60-42)52-14-12-28-20-70(4)22-54-28)72(24-56-38)48-32(18-36(81)82)30(16-34(77)78)40(84-48)44-64-68-74(6-2)66-44/h19-26,29-32,39-40,47-48H,5-18H2,1-4H3,(H,75,76)(H,77,78)(H,79,80)(H,81,82)(H2,51,57,59,61)(H2,52,58,60,62)/t25?,26?,29-,30-,31-,32-,39-,40-,47-,48-/m1/s1. The summed E-state index contributed by atoms with van der Waals surface area (Å²) < 4.78 is 20.2. The van der Waals surface area contributed by atoms with Gasteiger partial charge in [0.2, 0.25) is 23.5 Å². The summed E-state index contributed by atoms with van der Waals surface area (Å²) in [7, 11) is 3.77. The van der Waals surface area contributed by atoms with Gasteiger partial charge < -0.3 is 60.3 Å². The fourth-order valence-corrected chi connectivity index (χ4v) is 11.6. The molecular weight excluding hydrogens is 1100 g/mol. The second-order valence-electron chi connectivity index (χ2n) is 21.3. The molecule has 1 saturated carbocycles. The Kier molecular flexibility index (Phi) is 16.3. The minimum absolute atomic E-state index is 0.119. The Balaban J connectivity index is 0.869. The van der Waals surface area contributed by atoms with E-state index in [2.05, 4.69) is 62.1 Å². The maximum absolute atomic E-state index is 12.5. The van der Waals surface area contributed by atoms with Gasteiger partial charge >= 0.3 is 23.9 Å². The zero-order valence-electron chi connectivity index (χ0n) is 46.3. The average molecular weight is 1160 g/mol. The van der Waals surface area contributed by atoms with Gasteiger partial charge in [0.1, 0.15) is 24.7 Å². The van der Waals surface area contributed by atoms with Gasteiger partial charge in [0, 0.05) is 88.2 Å². The number of nitrogens with zero attached hydrogens (tertiary/aromatic N) is 20. The van der Waals surface area contributed by atoms with Gasteiger partial charge in [0.05, 0.1) is 75.5 Å². The first-order valence-electron chi connectivity index (χ1n) is 27.7. The van der Waals surface area contributed by atoms with Crippen molar-refractivity contribution in [3.8, 4) is 0 Å². The second-order valence-corrected chi connectivity index (χ2v) is 21.3. The fraction of sp³-hybridized carbons (Fsp3) is 0.560. The maximum Gasteiger partial charge on any atom is 0.303 e. The largest absolute Gasteiger partial charge is 0.481 e. The Hall–Kier alpha value is -9.34. The molecule has 34 heteroatoms. The molecule has 8 aromatic rings. The fourth-order valence-electron chi connectivity index (χ4n) is 11.6. The van der Waals surface area contributed by atoms with Gasteiger partial charge in [0.25, 0.3) is 0 Å². The average Bonchev–Trinajstić information content (AvgIpc) is 2.31. The summed E-state index contributed by atoms with van der Waals surface area (Å²) in [5, 5.41) is 79.8. The summed E-state index contributed by atoms with van der Waals surface area (Å²) in [4.78, 5) is 90.5. The molecule has 11 rings (SSSR count). The van der Waals surface area contributed by atoms with Crippen LogP contribution in [0, 0.1) is 23.7 Å². The molecule has 0 aromatic carbocycles. The Labute approximate surface area is 476 Å². The van der Waals surface area contributed by atoms with Gasteiger partial charge in [-0.15, -0.1) is 20.4 Å². The number of ether oxygens (including phenoxy) is 2. The number of tetrazole rings is 2. The Morgan fingerprint density at radius 3 is 1.29 bits per heavy atom. The molecule has 0 radical (unpaired) electrons.